The monoisotopic (exact) mass is 260 g/mol. The third-order valence-electron chi connectivity index (χ3n) is 2.74. The summed E-state index contributed by atoms with van der Waals surface area (Å²) < 4.78 is 5.12. The molecule has 0 radical (unpaired) electrons. The molecule has 0 aliphatic carbocycles. The molecule has 19 heavy (non-hydrogen) atoms. The van der Waals surface area contributed by atoms with E-state index in [9.17, 15) is 9.59 Å². The van der Waals surface area contributed by atoms with E-state index in [1.807, 2.05) is 19.9 Å². The van der Waals surface area contributed by atoms with Gasteiger partial charge in [-0.15, -0.1) is 0 Å². The van der Waals surface area contributed by atoms with Crippen LogP contribution in [0.1, 0.15) is 18.9 Å². The summed E-state index contributed by atoms with van der Waals surface area (Å²) in [6, 6.07) is 6.43. The number of hydrogen-bond acceptors (Lipinski definition) is 3. The Hall–Kier alpha value is -2.30. The Labute approximate surface area is 110 Å². The van der Waals surface area contributed by atoms with Crippen LogP contribution in [0.5, 0.6) is 0 Å². The molecule has 0 aliphatic rings. The topological polar surface area (TPSA) is 71.3 Å². The lowest BCUT2D eigenvalue weighted by Gasteiger charge is -2.07. The Morgan fingerprint density at radius 3 is 2.84 bits per heavy atom. The first-order chi connectivity index (χ1) is 9.10. The number of benzene rings is 1. The van der Waals surface area contributed by atoms with Crippen LogP contribution in [-0.2, 0) is 0 Å². The van der Waals surface area contributed by atoms with Crippen LogP contribution < -0.4 is 16.3 Å². The van der Waals surface area contributed by atoms with E-state index in [-0.39, 0.29) is 6.03 Å². The van der Waals surface area contributed by atoms with Crippen LogP contribution in [0, 0.1) is 6.92 Å². The summed E-state index contributed by atoms with van der Waals surface area (Å²) in [6.07, 6.45) is 0.874. The number of carbonyl (C=O) groups is 1. The molecule has 2 N–H and O–H groups in total. The van der Waals surface area contributed by atoms with Gasteiger partial charge in [0.1, 0.15) is 5.58 Å². The minimum Gasteiger partial charge on any atom is -0.423 e. The molecule has 1 heterocycles. The maximum atomic E-state index is 11.5. The Kier molecular flexibility index (Phi) is 3.85. The molecule has 0 fully saturated rings. The van der Waals surface area contributed by atoms with E-state index in [1.54, 1.807) is 12.1 Å². The molecule has 2 amide bonds. The first kappa shape index (κ1) is 13.1. The number of anilines is 1. The standard InChI is InChI=1S/C14H16N2O3/c1-3-6-15-14(18)16-10-4-5-11-9(2)7-13(17)19-12(11)8-10/h4-5,7-8H,3,6H2,1-2H3,(H2,15,16,18). The molecule has 0 unspecified atom stereocenters. The van der Waals surface area contributed by atoms with Crippen molar-refractivity contribution < 1.29 is 9.21 Å². The molecule has 100 valence electrons. The van der Waals surface area contributed by atoms with Gasteiger partial charge in [-0.1, -0.05) is 6.92 Å². The predicted molar refractivity (Wildman–Crippen MR) is 74.5 cm³/mol. The largest absolute Gasteiger partial charge is 0.423 e. The molecule has 2 aromatic rings. The average Bonchev–Trinajstić information content (AvgIpc) is 2.35. The fourth-order valence-electron chi connectivity index (χ4n) is 1.82. The van der Waals surface area contributed by atoms with Crippen molar-refractivity contribution in [3.63, 3.8) is 0 Å². The maximum Gasteiger partial charge on any atom is 0.336 e. The molecule has 0 saturated heterocycles. The van der Waals surface area contributed by atoms with E-state index in [0.29, 0.717) is 17.8 Å². The highest BCUT2D eigenvalue weighted by Crippen LogP contribution is 2.20. The van der Waals surface area contributed by atoms with Crippen LogP contribution in [0.2, 0.25) is 0 Å². The van der Waals surface area contributed by atoms with E-state index < -0.39 is 5.63 Å². The zero-order valence-electron chi connectivity index (χ0n) is 10.9. The van der Waals surface area contributed by atoms with Crippen molar-refractivity contribution in [1.29, 1.82) is 0 Å². The van der Waals surface area contributed by atoms with E-state index in [1.165, 1.54) is 6.07 Å². The number of aryl methyl sites for hydroxylation is 1. The highest BCUT2D eigenvalue weighted by atomic mass is 16.4. The second kappa shape index (κ2) is 5.56. The Bertz CT molecular complexity index is 661. The van der Waals surface area contributed by atoms with Crippen LogP contribution >= 0.6 is 0 Å². The minimum absolute atomic E-state index is 0.267. The van der Waals surface area contributed by atoms with E-state index in [0.717, 1.165) is 17.4 Å². The Morgan fingerprint density at radius 2 is 2.11 bits per heavy atom. The van der Waals surface area contributed by atoms with Crippen LogP contribution in [0.15, 0.2) is 33.5 Å². The number of carbonyl (C=O) groups excluding carboxylic acids is 1. The van der Waals surface area contributed by atoms with Gasteiger partial charge in [-0.2, -0.15) is 0 Å². The second-order valence-electron chi connectivity index (χ2n) is 4.34. The van der Waals surface area contributed by atoms with E-state index in [4.69, 9.17) is 4.42 Å². The number of nitrogens with one attached hydrogen (secondary N) is 2. The van der Waals surface area contributed by atoms with Gasteiger partial charge < -0.3 is 15.1 Å². The van der Waals surface area contributed by atoms with Gasteiger partial charge in [0.05, 0.1) is 0 Å². The maximum absolute atomic E-state index is 11.5. The third kappa shape index (κ3) is 3.13. The van der Waals surface area contributed by atoms with Crippen molar-refractivity contribution in [3.05, 3.63) is 40.2 Å². The summed E-state index contributed by atoms with van der Waals surface area (Å²) in [6.45, 7) is 4.45. The summed E-state index contributed by atoms with van der Waals surface area (Å²) >= 11 is 0. The van der Waals surface area contributed by atoms with Crippen LogP contribution in [-0.4, -0.2) is 12.6 Å². The molecular formula is C14H16N2O3. The molecule has 0 aliphatic heterocycles. The van der Waals surface area contributed by atoms with Crippen LogP contribution in [0.4, 0.5) is 10.5 Å². The lowest BCUT2D eigenvalue weighted by molar-refractivity contribution is 0.252. The molecule has 0 spiro atoms. The highest BCUT2D eigenvalue weighted by molar-refractivity contribution is 5.92. The quantitative estimate of drug-likeness (QED) is 0.833. The summed E-state index contributed by atoms with van der Waals surface area (Å²) in [5.41, 5.74) is 1.53. The average molecular weight is 260 g/mol. The van der Waals surface area contributed by atoms with Crippen LogP contribution in [0.25, 0.3) is 11.0 Å². The second-order valence-corrected chi connectivity index (χ2v) is 4.34. The first-order valence-electron chi connectivity index (χ1n) is 6.19. The number of urea groups is 1. The van der Waals surface area contributed by atoms with Crippen molar-refractivity contribution >= 4 is 22.7 Å². The SMILES string of the molecule is CCCNC(=O)Nc1ccc2c(C)cc(=O)oc2c1. The van der Waals surface area contributed by atoms with Crippen molar-refractivity contribution in [2.75, 3.05) is 11.9 Å². The van der Waals surface area contributed by atoms with Gasteiger partial charge >= 0.3 is 11.7 Å². The third-order valence-corrected chi connectivity index (χ3v) is 2.74. The van der Waals surface area contributed by atoms with Gasteiger partial charge in [0.2, 0.25) is 0 Å². The molecule has 2 rings (SSSR count). The molecule has 1 aromatic carbocycles. The summed E-state index contributed by atoms with van der Waals surface area (Å²) in [4.78, 5) is 22.8. The van der Waals surface area contributed by atoms with Crippen LogP contribution in [0.3, 0.4) is 0 Å². The van der Waals surface area contributed by atoms with Gasteiger partial charge in [0.25, 0.3) is 0 Å². The zero-order chi connectivity index (χ0) is 13.8. The van der Waals surface area contributed by atoms with Gasteiger partial charge in [0, 0.05) is 29.8 Å². The van der Waals surface area contributed by atoms with Crippen molar-refractivity contribution in [2.24, 2.45) is 0 Å². The van der Waals surface area contributed by atoms with Gasteiger partial charge in [-0.3, -0.25) is 0 Å². The normalized spacial score (nSPS) is 10.4. The summed E-state index contributed by atoms with van der Waals surface area (Å²) in [5.74, 6) is 0. The number of rotatable bonds is 3. The molecule has 0 atom stereocenters. The first-order valence-corrected chi connectivity index (χ1v) is 6.19. The van der Waals surface area contributed by atoms with Gasteiger partial charge in [-0.05, 0) is 31.0 Å². The van der Waals surface area contributed by atoms with Crippen molar-refractivity contribution in [2.45, 2.75) is 20.3 Å². The lowest BCUT2D eigenvalue weighted by Crippen LogP contribution is -2.29. The minimum atomic E-state index is -0.391. The Morgan fingerprint density at radius 1 is 1.32 bits per heavy atom. The zero-order valence-corrected chi connectivity index (χ0v) is 10.9. The van der Waals surface area contributed by atoms with Crippen molar-refractivity contribution in [1.82, 2.24) is 5.32 Å². The fraction of sp³-hybridized carbons (Fsp3) is 0.286. The smallest absolute Gasteiger partial charge is 0.336 e. The van der Waals surface area contributed by atoms with Crippen molar-refractivity contribution in [3.8, 4) is 0 Å². The van der Waals surface area contributed by atoms with E-state index >= 15 is 0 Å². The summed E-state index contributed by atoms with van der Waals surface area (Å²) in [7, 11) is 0. The predicted octanol–water partition coefficient (Wildman–Crippen LogP) is 2.63. The summed E-state index contributed by atoms with van der Waals surface area (Å²) in [5, 5.41) is 6.27. The molecule has 0 saturated carbocycles. The molecular weight excluding hydrogens is 244 g/mol. The lowest BCUT2D eigenvalue weighted by atomic mass is 10.1. The fourth-order valence-corrected chi connectivity index (χ4v) is 1.82. The molecule has 5 nitrogen and oxygen atoms in total. The van der Waals surface area contributed by atoms with E-state index in [2.05, 4.69) is 10.6 Å². The number of amides is 2. The number of fused-ring (bicyclic) bond motifs is 1. The van der Waals surface area contributed by atoms with Gasteiger partial charge in [-0.25, -0.2) is 9.59 Å². The molecule has 1 aromatic heterocycles. The molecule has 0 bridgehead atoms. The highest BCUT2D eigenvalue weighted by Gasteiger charge is 2.05. The van der Waals surface area contributed by atoms with Gasteiger partial charge in [0.15, 0.2) is 0 Å². The number of hydrogen-bond donors (Lipinski definition) is 2. The Balaban J connectivity index is 2.26. The molecule has 5 heteroatoms.